The second kappa shape index (κ2) is 8.28. The van der Waals surface area contributed by atoms with Crippen molar-refractivity contribution in [3.63, 3.8) is 0 Å². The van der Waals surface area contributed by atoms with Gasteiger partial charge in [0.05, 0.1) is 6.04 Å². The van der Waals surface area contributed by atoms with E-state index in [0.29, 0.717) is 5.82 Å². The second-order valence-corrected chi connectivity index (χ2v) is 8.56. The van der Waals surface area contributed by atoms with E-state index in [1.165, 1.54) is 0 Å². The molecular formula is C21H31N3O3. The van der Waals surface area contributed by atoms with Crippen LogP contribution in [0.5, 0.6) is 0 Å². The van der Waals surface area contributed by atoms with Crippen LogP contribution in [0.3, 0.4) is 0 Å². The van der Waals surface area contributed by atoms with Crippen molar-refractivity contribution in [3.8, 4) is 0 Å². The van der Waals surface area contributed by atoms with Gasteiger partial charge in [0.25, 0.3) is 0 Å². The number of hydrogen-bond donors (Lipinski definition) is 0. The Bertz CT molecular complexity index is 665. The maximum absolute atomic E-state index is 13.1. The summed E-state index contributed by atoms with van der Waals surface area (Å²) in [5.74, 6) is 0.650. The molecule has 1 aromatic rings. The number of hydrogen-bond acceptors (Lipinski definition) is 4. The number of nitrogens with zero attached hydrogens (tertiary/aromatic N) is 3. The van der Waals surface area contributed by atoms with Crippen molar-refractivity contribution < 1.29 is 14.3 Å². The molecule has 1 atom stereocenters. The summed E-state index contributed by atoms with van der Waals surface area (Å²) in [6.07, 6.45) is 9.41. The topological polar surface area (TPSA) is 62.7 Å². The minimum atomic E-state index is -0.567. The molecule has 1 saturated carbocycles. The molecule has 27 heavy (non-hydrogen) atoms. The van der Waals surface area contributed by atoms with Crippen LogP contribution in [0.4, 0.5) is 10.6 Å². The number of rotatable bonds is 4. The highest BCUT2D eigenvalue weighted by Crippen LogP contribution is 2.37. The Kier molecular flexibility index (Phi) is 6.02. The molecule has 0 aromatic carbocycles. The van der Waals surface area contributed by atoms with E-state index in [-0.39, 0.29) is 18.2 Å². The van der Waals surface area contributed by atoms with Crippen molar-refractivity contribution in [3.05, 3.63) is 23.9 Å². The summed E-state index contributed by atoms with van der Waals surface area (Å²) >= 11 is 0. The molecule has 6 heteroatoms. The van der Waals surface area contributed by atoms with E-state index in [1.807, 2.05) is 37.8 Å². The minimum Gasteiger partial charge on any atom is -0.443 e. The van der Waals surface area contributed by atoms with Crippen molar-refractivity contribution in [1.82, 2.24) is 9.88 Å². The SMILES string of the molecule is CC(C)(C)OC(=O)N(c1ncccc1C1CCCCN1C=O)C1CCCC1. The lowest BCUT2D eigenvalue weighted by atomic mass is 9.95. The van der Waals surface area contributed by atoms with Gasteiger partial charge in [-0.05, 0) is 58.9 Å². The Balaban J connectivity index is 1.99. The number of piperidine rings is 1. The number of carbonyl (C=O) groups excluding carboxylic acids is 2. The van der Waals surface area contributed by atoms with Gasteiger partial charge < -0.3 is 9.64 Å². The highest BCUT2D eigenvalue weighted by molar-refractivity contribution is 5.88. The summed E-state index contributed by atoms with van der Waals surface area (Å²) < 4.78 is 5.73. The van der Waals surface area contributed by atoms with E-state index in [4.69, 9.17) is 4.74 Å². The van der Waals surface area contributed by atoms with Gasteiger partial charge in [-0.1, -0.05) is 18.9 Å². The zero-order valence-corrected chi connectivity index (χ0v) is 16.7. The highest BCUT2D eigenvalue weighted by Gasteiger charge is 2.36. The Morgan fingerprint density at radius 3 is 2.59 bits per heavy atom. The van der Waals surface area contributed by atoms with Crippen LogP contribution in [0.15, 0.2) is 18.3 Å². The summed E-state index contributed by atoms with van der Waals surface area (Å²) in [4.78, 5) is 32.9. The van der Waals surface area contributed by atoms with E-state index < -0.39 is 5.60 Å². The van der Waals surface area contributed by atoms with Gasteiger partial charge in [0, 0.05) is 24.3 Å². The van der Waals surface area contributed by atoms with Gasteiger partial charge in [0.1, 0.15) is 11.4 Å². The number of likely N-dealkylation sites (tertiary alicyclic amines) is 1. The molecule has 0 radical (unpaired) electrons. The van der Waals surface area contributed by atoms with E-state index in [2.05, 4.69) is 4.98 Å². The largest absolute Gasteiger partial charge is 0.443 e. The molecule has 1 saturated heterocycles. The normalized spacial score (nSPS) is 21.1. The first-order valence-electron chi connectivity index (χ1n) is 10.1. The number of carbonyl (C=O) groups is 2. The van der Waals surface area contributed by atoms with Gasteiger partial charge in [-0.3, -0.25) is 9.69 Å². The summed E-state index contributed by atoms with van der Waals surface area (Å²) in [7, 11) is 0. The zero-order valence-electron chi connectivity index (χ0n) is 16.7. The average molecular weight is 373 g/mol. The van der Waals surface area contributed by atoms with Crippen LogP contribution in [0.25, 0.3) is 0 Å². The van der Waals surface area contributed by atoms with Gasteiger partial charge >= 0.3 is 6.09 Å². The van der Waals surface area contributed by atoms with Crippen LogP contribution in [-0.4, -0.2) is 40.6 Å². The van der Waals surface area contributed by atoms with Gasteiger partial charge in [0.2, 0.25) is 6.41 Å². The van der Waals surface area contributed by atoms with Gasteiger partial charge in [0.15, 0.2) is 0 Å². The Morgan fingerprint density at radius 2 is 1.93 bits per heavy atom. The summed E-state index contributed by atoms with van der Waals surface area (Å²) in [5, 5.41) is 0. The molecule has 2 amide bonds. The van der Waals surface area contributed by atoms with Gasteiger partial charge in [-0.25, -0.2) is 9.78 Å². The van der Waals surface area contributed by atoms with Crippen LogP contribution in [0.1, 0.15) is 77.3 Å². The van der Waals surface area contributed by atoms with Crippen LogP contribution in [0, 0.1) is 0 Å². The number of pyridine rings is 1. The summed E-state index contributed by atoms with van der Waals surface area (Å²) in [5.41, 5.74) is 0.379. The fourth-order valence-corrected chi connectivity index (χ4v) is 4.17. The molecule has 0 N–H and O–H groups in total. The van der Waals surface area contributed by atoms with E-state index >= 15 is 0 Å². The first kappa shape index (κ1) is 19.6. The minimum absolute atomic E-state index is 0.0358. The number of anilines is 1. The van der Waals surface area contributed by atoms with Crippen LogP contribution >= 0.6 is 0 Å². The van der Waals surface area contributed by atoms with Crippen molar-refractivity contribution in [2.45, 2.75) is 83.4 Å². The van der Waals surface area contributed by atoms with Crippen molar-refractivity contribution in [2.75, 3.05) is 11.4 Å². The van der Waals surface area contributed by atoms with Crippen molar-refractivity contribution in [1.29, 1.82) is 0 Å². The van der Waals surface area contributed by atoms with Gasteiger partial charge in [-0.2, -0.15) is 0 Å². The smallest absolute Gasteiger partial charge is 0.416 e. The van der Waals surface area contributed by atoms with E-state index in [0.717, 1.165) is 63.5 Å². The predicted molar refractivity (Wildman–Crippen MR) is 105 cm³/mol. The molecular weight excluding hydrogens is 342 g/mol. The summed E-state index contributed by atoms with van der Waals surface area (Å²) in [6, 6.07) is 3.95. The fraction of sp³-hybridized carbons (Fsp3) is 0.667. The first-order chi connectivity index (χ1) is 12.9. The third-order valence-corrected chi connectivity index (χ3v) is 5.36. The Labute approximate surface area is 161 Å². The molecule has 1 unspecified atom stereocenters. The maximum Gasteiger partial charge on any atom is 0.416 e. The van der Waals surface area contributed by atoms with Crippen LogP contribution < -0.4 is 4.90 Å². The predicted octanol–water partition coefficient (Wildman–Crippen LogP) is 4.45. The van der Waals surface area contributed by atoms with Crippen LogP contribution in [0.2, 0.25) is 0 Å². The molecule has 2 aliphatic rings. The van der Waals surface area contributed by atoms with E-state index in [9.17, 15) is 9.59 Å². The Hall–Kier alpha value is -2.11. The highest BCUT2D eigenvalue weighted by atomic mass is 16.6. The molecule has 1 aromatic heterocycles. The van der Waals surface area contributed by atoms with Gasteiger partial charge in [-0.15, -0.1) is 0 Å². The molecule has 2 fully saturated rings. The molecule has 2 heterocycles. The zero-order chi connectivity index (χ0) is 19.4. The standard InChI is InChI=1S/C21H31N3O3/c1-21(2,3)27-20(26)24(16-9-4-5-10-16)19-17(11-8-13-22-19)18-12-6-7-14-23(18)15-25/h8,11,13,15-16,18H,4-7,9-10,12,14H2,1-3H3. The monoisotopic (exact) mass is 373 g/mol. The van der Waals surface area contributed by atoms with Crippen molar-refractivity contribution in [2.24, 2.45) is 0 Å². The lowest BCUT2D eigenvalue weighted by molar-refractivity contribution is -0.121. The average Bonchev–Trinajstić information content (AvgIpc) is 3.15. The van der Waals surface area contributed by atoms with Crippen LogP contribution in [-0.2, 0) is 9.53 Å². The number of aromatic nitrogens is 1. The fourth-order valence-electron chi connectivity index (χ4n) is 4.17. The molecule has 1 aliphatic carbocycles. The molecule has 3 rings (SSSR count). The molecule has 148 valence electrons. The number of amides is 2. The number of ether oxygens (including phenoxy) is 1. The third-order valence-electron chi connectivity index (χ3n) is 5.36. The quantitative estimate of drug-likeness (QED) is 0.732. The third kappa shape index (κ3) is 4.60. The van der Waals surface area contributed by atoms with Crippen molar-refractivity contribution >= 4 is 18.3 Å². The molecule has 1 aliphatic heterocycles. The molecule has 0 bridgehead atoms. The Morgan fingerprint density at radius 1 is 1.22 bits per heavy atom. The lowest BCUT2D eigenvalue weighted by Crippen LogP contribution is -2.44. The maximum atomic E-state index is 13.1. The molecule has 0 spiro atoms. The second-order valence-electron chi connectivity index (χ2n) is 8.56. The lowest BCUT2D eigenvalue weighted by Gasteiger charge is -2.37. The first-order valence-corrected chi connectivity index (χ1v) is 10.1. The summed E-state index contributed by atoms with van der Waals surface area (Å²) in [6.45, 7) is 6.39. The molecule has 6 nitrogen and oxygen atoms in total. The van der Waals surface area contributed by atoms with E-state index in [1.54, 1.807) is 11.1 Å².